The van der Waals surface area contributed by atoms with Gasteiger partial charge in [0.15, 0.2) is 0 Å². The molecule has 0 saturated carbocycles. The standard InChI is InChI=1S/C15H16BrClN2/c1-10-2-7-13(14(16)8-10)15(19-18)9-11-3-5-12(17)6-4-11/h2-8,15,19H,9,18H2,1H3. The Bertz CT molecular complexity index is 555. The summed E-state index contributed by atoms with van der Waals surface area (Å²) in [5.74, 6) is 5.69. The zero-order chi connectivity index (χ0) is 13.8. The van der Waals surface area contributed by atoms with E-state index in [0.717, 1.165) is 21.5 Å². The first-order valence-electron chi connectivity index (χ1n) is 6.07. The van der Waals surface area contributed by atoms with E-state index in [-0.39, 0.29) is 6.04 Å². The molecule has 100 valence electrons. The Morgan fingerprint density at radius 2 is 1.89 bits per heavy atom. The molecule has 0 aliphatic rings. The Labute approximate surface area is 127 Å². The Kier molecular flexibility index (Phi) is 4.99. The maximum absolute atomic E-state index is 5.89. The molecule has 0 spiro atoms. The first-order chi connectivity index (χ1) is 9.10. The van der Waals surface area contributed by atoms with Gasteiger partial charge in [0.2, 0.25) is 0 Å². The van der Waals surface area contributed by atoms with E-state index >= 15 is 0 Å². The predicted octanol–water partition coefficient (Wildman–Crippen LogP) is 4.16. The Morgan fingerprint density at radius 3 is 2.47 bits per heavy atom. The lowest BCUT2D eigenvalue weighted by Crippen LogP contribution is -2.29. The van der Waals surface area contributed by atoms with Gasteiger partial charge in [0.1, 0.15) is 0 Å². The van der Waals surface area contributed by atoms with Gasteiger partial charge in [0, 0.05) is 9.50 Å². The third kappa shape index (κ3) is 3.80. The van der Waals surface area contributed by atoms with Crippen LogP contribution in [0.5, 0.6) is 0 Å². The highest BCUT2D eigenvalue weighted by Gasteiger charge is 2.13. The minimum atomic E-state index is 0.0659. The summed E-state index contributed by atoms with van der Waals surface area (Å²) in [6.07, 6.45) is 0.815. The van der Waals surface area contributed by atoms with Gasteiger partial charge in [-0.3, -0.25) is 11.3 Å². The van der Waals surface area contributed by atoms with Crippen LogP contribution < -0.4 is 11.3 Å². The Morgan fingerprint density at radius 1 is 1.21 bits per heavy atom. The molecule has 1 atom stereocenters. The molecule has 2 aromatic carbocycles. The summed E-state index contributed by atoms with van der Waals surface area (Å²) in [7, 11) is 0. The summed E-state index contributed by atoms with van der Waals surface area (Å²) >= 11 is 9.49. The summed E-state index contributed by atoms with van der Waals surface area (Å²) in [6.45, 7) is 2.07. The normalized spacial score (nSPS) is 12.4. The van der Waals surface area contributed by atoms with E-state index in [1.54, 1.807) is 0 Å². The minimum absolute atomic E-state index is 0.0659. The molecule has 0 saturated heterocycles. The summed E-state index contributed by atoms with van der Waals surface area (Å²) in [6, 6.07) is 14.2. The molecule has 0 aromatic heterocycles. The van der Waals surface area contributed by atoms with Gasteiger partial charge in [-0.25, -0.2) is 0 Å². The number of benzene rings is 2. The molecule has 2 aromatic rings. The maximum Gasteiger partial charge on any atom is 0.0511 e. The number of rotatable bonds is 4. The van der Waals surface area contributed by atoms with Crippen molar-refractivity contribution in [1.29, 1.82) is 0 Å². The number of nitrogens with two attached hydrogens (primary N) is 1. The highest BCUT2D eigenvalue weighted by atomic mass is 79.9. The second kappa shape index (κ2) is 6.53. The summed E-state index contributed by atoms with van der Waals surface area (Å²) in [5, 5.41) is 0.748. The van der Waals surface area contributed by atoms with Crippen LogP contribution >= 0.6 is 27.5 Å². The minimum Gasteiger partial charge on any atom is -0.271 e. The van der Waals surface area contributed by atoms with Crippen LogP contribution in [0.4, 0.5) is 0 Å². The van der Waals surface area contributed by atoms with Crippen molar-refractivity contribution in [3.8, 4) is 0 Å². The number of nitrogens with one attached hydrogen (secondary N) is 1. The van der Waals surface area contributed by atoms with E-state index in [1.807, 2.05) is 24.3 Å². The molecule has 2 rings (SSSR count). The second-order valence-electron chi connectivity index (χ2n) is 4.57. The van der Waals surface area contributed by atoms with Crippen LogP contribution in [0.3, 0.4) is 0 Å². The van der Waals surface area contributed by atoms with Gasteiger partial charge < -0.3 is 0 Å². The quantitative estimate of drug-likeness (QED) is 0.648. The highest BCUT2D eigenvalue weighted by Crippen LogP contribution is 2.27. The first-order valence-corrected chi connectivity index (χ1v) is 7.24. The molecule has 0 heterocycles. The van der Waals surface area contributed by atoms with Crippen LogP contribution in [-0.4, -0.2) is 0 Å². The molecule has 3 N–H and O–H groups in total. The van der Waals surface area contributed by atoms with Crippen LogP contribution in [-0.2, 0) is 6.42 Å². The molecule has 0 fully saturated rings. The van der Waals surface area contributed by atoms with E-state index < -0.39 is 0 Å². The van der Waals surface area contributed by atoms with Gasteiger partial charge in [-0.2, -0.15) is 0 Å². The van der Waals surface area contributed by atoms with E-state index in [2.05, 4.69) is 46.5 Å². The fourth-order valence-corrected chi connectivity index (χ4v) is 2.93. The summed E-state index contributed by atoms with van der Waals surface area (Å²) in [5.41, 5.74) is 6.45. The van der Waals surface area contributed by atoms with Crippen molar-refractivity contribution in [2.24, 2.45) is 5.84 Å². The average molecular weight is 340 g/mol. The lowest BCUT2D eigenvalue weighted by Gasteiger charge is -2.18. The molecule has 2 nitrogen and oxygen atoms in total. The third-order valence-corrected chi connectivity index (χ3v) is 4.02. The number of aryl methyl sites for hydroxylation is 1. The van der Waals surface area contributed by atoms with Crippen LogP contribution in [0.25, 0.3) is 0 Å². The zero-order valence-electron chi connectivity index (χ0n) is 10.7. The topological polar surface area (TPSA) is 38.0 Å². The lowest BCUT2D eigenvalue weighted by molar-refractivity contribution is 0.550. The SMILES string of the molecule is Cc1ccc(C(Cc2ccc(Cl)cc2)NN)c(Br)c1. The van der Waals surface area contributed by atoms with Crippen molar-refractivity contribution in [2.75, 3.05) is 0 Å². The molecule has 0 amide bonds. The third-order valence-electron chi connectivity index (χ3n) is 3.09. The van der Waals surface area contributed by atoms with Crippen molar-refractivity contribution >= 4 is 27.5 Å². The van der Waals surface area contributed by atoms with Crippen molar-refractivity contribution in [2.45, 2.75) is 19.4 Å². The van der Waals surface area contributed by atoms with Crippen LogP contribution in [0.15, 0.2) is 46.9 Å². The van der Waals surface area contributed by atoms with Crippen LogP contribution in [0, 0.1) is 6.92 Å². The van der Waals surface area contributed by atoms with Gasteiger partial charge in [0.05, 0.1) is 6.04 Å². The van der Waals surface area contributed by atoms with Crippen molar-refractivity contribution in [3.05, 3.63) is 68.7 Å². The van der Waals surface area contributed by atoms with E-state index in [0.29, 0.717) is 0 Å². The molecule has 0 aliphatic carbocycles. The van der Waals surface area contributed by atoms with Gasteiger partial charge in [-0.15, -0.1) is 0 Å². The van der Waals surface area contributed by atoms with Crippen LogP contribution in [0.1, 0.15) is 22.7 Å². The second-order valence-corrected chi connectivity index (χ2v) is 5.87. The monoisotopic (exact) mass is 338 g/mol. The number of hydrogen-bond donors (Lipinski definition) is 2. The van der Waals surface area contributed by atoms with E-state index in [9.17, 15) is 0 Å². The van der Waals surface area contributed by atoms with Crippen molar-refractivity contribution in [1.82, 2.24) is 5.43 Å². The number of hydrazine groups is 1. The molecule has 4 heteroatoms. The van der Waals surface area contributed by atoms with E-state index in [4.69, 9.17) is 17.4 Å². The molecule has 0 bridgehead atoms. The lowest BCUT2D eigenvalue weighted by atomic mass is 9.98. The first kappa shape index (κ1) is 14.5. The molecular formula is C15H16BrClN2. The fraction of sp³-hybridized carbons (Fsp3) is 0.200. The molecule has 19 heavy (non-hydrogen) atoms. The van der Waals surface area contributed by atoms with Crippen molar-refractivity contribution < 1.29 is 0 Å². The molecule has 0 aliphatic heterocycles. The molecule has 1 unspecified atom stereocenters. The van der Waals surface area contributed by atoms with Crippen molar-refractivity contribution in [3.63, 3.8) is 0 Å². The Hall–Kier alpha value is -0.870. The number of hydrogen-bond acceptors (Lipinski definition) is 2. The van der Waals surface area contributed by atoms with Gasteiger partial charge in [0.25, 0.3) is 0 Å². The summed E-state index contributed by atoms with van der Waals surface area (Å²) in [4.78, 5) is 0. The average Bonchev–Trinajstić information content (AvgIpc) is 2.39. The van der Waals surface area contributed by atoms with Gasteiger partial charge in [-0.05, 0) is 48.2 Å². The predicted molar refractivity (Wildman–Crippen MR) is 84.1 cm³/mol. The smallest absolute Gasteiger partial charge is 0.0511 e. The van der Waals surface area contributed by atoms with Gasteiger partial charge in [-0.1, -0.05) is 51.8 Å². The number of halogens is 2. The maximum atomic E-state index is 5.89. The molecular weight excluding hydrogens is 324 g/mol. The fourth-order valence-electron chi connectivity index (χ4n) is 2.03. The largest absolute Gasteiger partial charge is 0.271 e. The van der Waals surface area contributed by atoms with Crippen LogP contribution in [0.2, 0.25) is 5.02 Å². The highest BCUT2D eigenvalue weighted by molar-refractivity contribution is 9.10. The Balaban J connectivity index is 2.22. The zero-order valence-corrected chi connectivity index (χ0v) is 13.0. The van der Waals surface area contributed by atoms with E-state index in [1.165, 1.54) is 11.1 Å². The summed E-state index contributed by atoms with van der Waals surface area (Å²) < 4.78 is 1.07. The van der Waals surface area contributed by atoms with Gasteiger partial charge >= 0.3 is 0 Å². The molecule has 0 radical (unpaired) electrons.